The third-order valence-corrected chi connectivity index (χ3v) is 4.61. The molecule has 0 saturated carbocycles. The highest BCUT2D eigenvalue weighted by Crippen LogP contribution is 2.20. The van der Waals surface area contributed by atoms with Crippen LogP contribution in [0.4, 0.5) is 15.9 Å². The van der Waals surface area contributed by atoms with Crippen molar-refractivity contribution in [2.45, 2.75) is 6.54 Å². The number of hydrogen-bond acceptors (Lipinski definition) is 5. The summed E-state index contributed by atoms with van der Waals surface area (Å²) in [5, 5.41) is 0.896. The largest absolute Gasteiger partial charge is 0.383 e. The summed E-state index contributed by atoms with van der Waals surface area (Å²) in [5.41, 5.74) is 8.01. The summed E-state index contributed by atoms with van der Waals surface area (Å²) >= 11 is 0. The van der Waals surface area contributed by atoms with Gasteiger partial charge in [-0.25, -0.2) is 14.4 Å². The summed E-state index contributed by atoms with van der Waals surface area (Å²) in [6.45, 7) is 4.30. The summed E-state index contributed by atoms with van der Waals surface area (Å²) in [4.78, 5) is 13.7. The van der Waals surface area contributed by atoms with E-state index in [1.165, 1.54) is 12.1 Å². The van der Waals surface area contributed by atoms with E-state index in [-0.39, 0.29) is 5.82 Å². The monoisotopic (exact) mass is 337 g/mol. The van der Waals surface area contributed by atoms with Gasteiger partial charge in [-0.15, -0.1) is 0 Å². The number of nitrogens with zero attached hydrogens (tertiary/aromatic N) is 4. The van der Waals surface area contributed by atoms with Gasteiger partial charge in [-0.3, -0.25) is 4.90 Å². The summed E-state index contributed by atoms with van der Waals surface area (Å²) in [6, 6.07) is 14.5. The number of benzene rings is 2. The van der Waals surface area contributed by atoms with Gasteiger partial charge >= 0.3 is 0 Å². The first-order valence-electron chi connectivity index (χ1n) is 8.43. The molecule has 3 aromatic rings. The van der Waals surface area contributed by atoms with Crippen molar-refractivity contribution in [2.24, 2.45) is 0 Å². The van der Waals surface area contributed by atoms with E-state index in [4.69, 9.17) is 5.73 Å². The smallest absolute Gasteiger partial charge is 0.145 e. The van der Waals surface area contributed by atoms with Crippen molar-refractivity contribution >= 4 is 22.4 Å². The van der Waals surface area contributed by atoms with Gasteiger partial charge in [0.05, 0.1) is 12.1 Å². The molecule has 1 aromatic heterocycles. The van der Waals surface area contributed by atoms with E-state index in [0.29, 0.717) is 12.4 Å². The van der Waals surface area contributed by atoms with Crippen LogP contribution >= 0.6 is 0 Å². The molecule has 1 fully saturated rings. The van der Waals surface area contributed by atoms with Crippen LogP contribution in [0.25, 0.3) is 10.9 Å². The average Bonchev–Trinajstić information content (AvgIpc) is 2.63. The standard InChI is InChI=1S/C19H20FN5/c20-14-5-7-15(8-6-14)25-11-9-24(10-12-25)13-18-22-17-4-2-1-3-16(17)19(21)23-18/h1-8H,9-13H2,(H2,21,22,23). The van der Waals surface area contributed by atoms with Crippen molar-refractivity contribution in [3.63, 3.8) is 0 Å². The molecule has 2 heterocycles. The Labute approximate surface area is 145 Å². The highest BCUT2D eigenvalue weighted by molar-refractivity contribution is 5.87. The lowest BCUT2D eigenvalue weighted by atomic mass is 10.2. The molecule has 0 amide bonds. The molecule has 1 aliphatic rings. The molecule has 128 valence electrons. The average molecular weight is 337 g/mol. The van der Waals surface area contributed by atoms with Crippen molar-refractivity contribution < 1.29 is 4.39 Å². The Morgan fingerprint density at radius 1 is 0.920 bits per heavy atom. The highest BCUT2D eigenvalue weighted by Gasteiger charge is 2.18. The van der Waals surface area contributed by atoms with Crippen LogP contribution in [0.3, 0.4) is 0 Å². The molecule has 25 heavy (non-hydrogen) atoms. The second kappa shape index (κ2) is 6.64. The fourth-order valence-electron chi connectivity index (χ4n) is 3.24. The van der Waals surface area contributed by atoms with E-state index in [1.807, 2.05) is 36.4 Å². The molecule has 0 radical (unpaired) electrons. The normalized spacial score (nSPS) is 15.6. The zero-order valence-electron chi connectivity index (χ0n) is 13.9. The number of nitrogens with two attached hydrogens (primary N) is 1. The quantitative estimate of drug-likeness (QED) is 0.796. The maximum atomic E-state index is 13.1. The molecular formula is C19H20FN5. The highest BCUT2D eigenvalue weighted by atomic mass is 19.1. The second-order valence-corrected chi connectivity index (χ2v) is 6.28. The Hall–Kier alpha value is -2.73. The van der Waals surface area contributed by atoms with Gasteiger partial charge in [0.25, 0.3) is 0 Å². The first-order chi connectivity index (χ1) is 12.2. The van der Waals surface area contributed by atoms with Crippen molar-refractivity contribution in [3.05, 3.63) is 60.2 Å². The molecule has 1 saturated heterocycles. The van der Waals surface area contributed by atoms with Gasteiger partial charge in [0.1, 0.15) is 17.5 Å². The molecule has 5 nitrogen and oxygen atoms in total. The van der Waals surface area contributed by atoms with Crippen molar-refractivity contribution in [3.8, 4) is 0 Å². The molecular weight excluding hydrogens is 317 g/mol. The van der Waals surface area contributed by atoms with E-state index in [1.54, 1.807) is 0 Å². The molecule has 4 rings (SSSR count). The maximum absolute atomic E-state index is 13.1. The zero-order valence-corrected chi connectivity index (χ0v) is 13.9. The molecule has 0 spiro atoms. The number of halogens is 1. The second-order valence-electron chi connectivity index (χ2n) is 6.28. The number of rotatable bonds is 3. The van der Waals surface area contributed by atoms with E-state index < -0.39 is 0 Å². The SMILES string of the molecule is Nc1nc(CN2CCN(c3ccc(F)cc3)CC2)nc2ccccc12. The van der Waals surface area contributed by atoms with Crippen molar-refractivity contribution in [1.29, 1.82) is 0 Å². The van der Waals surface area contributed by atoms with Crippen LogP contribution in [0.2, 0.25) is 0 Å². The minimum atomic E-state index is -0.201. The topological polar surface area (TPSA) is 58.3 Å². The Kier molecular flexibility index (Phi) is 4.19. The lowest BCUT2D eigenvalue weighted by Gasteiger charge is -2.35. The number of piperazine rings is 1. The first-order valence-corrected chi connectivity index (χ1v) is 8.43. The number of fused-ring (bicyclic) bond motifs is 1. The maximum Gasteiger partial charge on any atom is 0.145 e. The van der Waals surface area contributed by atoms with E-state index in [0.717, 1.165) is 48.6 Å². The first kappa shape index (κ1) is 15.8. The molecule has 0 aliphatic carbocycles. The number of para-hydroxylation sites is 1. The molecule has 2 aromatic carbocycles. The van der Waals surface area contributed by atoms with Crippen LogP contribution < -0.4 is 10.6 Å². The molecule has 2 N–H and O–H groups in total. The van der Waals surface area contributed by atoms with Crippen LogP contribution in [0, 0.1) is 5.82 Å². The third-order valence-electron chi connectivity index (χ3n) is 4.61. The van der Waals surface area contributed by atoms with Crippen LogP contribution in [0.15, 0.2) is 48.5 Å². The number of anilines is 2. The van der Waals surface area contributed by atoms with Crippen LogP contribution in [-0.4, -0.2) is 41.0 Å². The fraction of sp³-hybridized carbons (Fsp3) is 0.263. The van der Waals surface area contributed by atoms with E-state index in [2.05, 4.69) is 19.8 Å². The lowest BCUT2D eigenvalue weighted by Crippen LogP contribution is -2.46. The molecule has 1 aliphatic heterocycles. The van der Waals surface area contributed by atoms with Gasteiger partial charge in [0.15, 0.2) is 0 Å². The summed E-state index contributed by atoms with van der Waals surface area (Å²) in [6.07, 6.45) is 0. The van der Waals surface area contributed by atoms with Crippen molar-refractivity contribution in [2.75, 3.05) is 36.8 Å². The zero-order chi connectivity index (χ0) is 17.2. The third kappa shape index (κ3) is 3.39. The predicted molar refractivity (Wildman–Crippen MR) is 97.8 cm³/mol. The molecule has 0 atom stereocenters. The van der Waals surface area contributed by atoms with Gasteiger partial charge in [-0.1, -0.05) is 12.1 Å². The Morgan fingerprint density at radius 3 is 2.40 bits per heavy atom. The van der Waals surface area contributed by atoms with Crippen LogP contribution in [-0.2, 0) is 6.54 Å². The predicted octanol–water partition coefficient (Wildman–Crippen LogP) is 2.67. The summed E-state index contributed by atoms with van der Waals surface area (Å²) in [5.74, 6) is 1.09. The van der Waals surface area contributed by atoms with Gasteiger partial charge in [-0.2, -0.15) is 0 Å². The Balaban J connectivity index is 1.42. The Morgan fingerprint density at radius 2 is 1.64 bits per heavy atom. The van der Waals surface area contributed by atoms with Crippen LogP contribution in [0.1, 0.15) is 5.82 Å². The van der Waals surface area contributed by atoms with Gasteiger partial charge in [0, 0.05) is 37.3 Å². The minimum Gasteiger partial charge on any atom is -0.383 e. The number of nitrogen functional groups attached to an aromatic ring is 1. The molecule has 6 heteroatoms. The minimum absolute atomic E-state index is 0.201. The summed E-state index contributed by atoms with van der Waals surface area (Å²) in [7, 11) is 0. The van der Waals surface area contributed by atoms with E-state index >= 15 is 0 Å². The lowest BCUT2D eigenvalue weighted by molar-refractivity contribution is 0.244. The van der Waals surface area contributed by atoms with Gasteiger partial charge in [0.2, 0.25) is 0 Å². The summed E-state index contributed by atoms with van der Waals surface area (Å²) < 4.78 is 13.1. The Bertz CT molecular complexity index is 873. The van der Waals surface area contributed by atoms with Crippen LogP contribution in [0.5, 0.6) is 0 Å². The van der Waals surface area contributed by atoms with E-state index in [9.17, 15) is 4.39 Å². The van der Waals surface area contributed by atoms with Gasteiger partial charge < -0.3 is 10.6 Å². The van der Waals surface area contributed by atoms with Gasteiger partial charge in [-0.05, 0) is 36.4 Å². The fourth-order valence-corrected chi connectivity index (χ4v) is 3.24. The molecule has 0 bridgehead atoms. The molecule has 0 unspecified atom stereocenters. The van der Waals surface area contributed by atoms with Crippen molar-refractivity contribution in [1.82, 2.24) is 14.9 Å². The number of hydrogen-bond donors (Lipinski definition) is 1. The number of aromatic nitrogens is 2.